The van der Waals surface area contributed by atoms with Crippen LogP contribution in [0.3, 0.4) is 0 Å². The zero-order valence-electron chi connectivity index (χ0n) is 12.4. The molecule has 114 valence electrons. The lowest BCUT2D eigenvalue weighted by atomic mass is 10.0. The van der Waals surface area contributed by atoms with Gasteiger partial charge in [-0.2, -0.15) is 16.7 Å². The van der Waals surface area contributed by atoms with Gasteiger partial charge in [-0.15, -0.1) is 0 Å². The van der Waals surface area contributed by atoms with E-state index >= 15 is 0 Å². The van der Waals surface area contributed by atoms with Crippen LogP contribution in [0, 0.1) is 0 Å². The monoisotopic (exact) mass is 299 g/mol. The second-order valence-electron chi connectivity index (χ2n) is 5.32. The maximum Gasteiger partial charge on any atom is 0.228 e. The zero-order chi connectivity index (χ0) is 14.2. The quantitative estimate of drug-likeness (QED) is 0.795. The molecule has 5 nitrogen and oxygen atoms in total. The van der Waals surface area contributed by atoms with E-state index in [4.69, 9.17) is 9.26 Å². The molecule has 1 N–H and O–H groups in total. The fourth-order valence-corrected chi connectivity index (χ4v) is 3.68. The van der Waals surface area contributed by atoms with Crippen LogP contribution in [0.1, 0.15) is 43.8 Å². The van der Waals surface area contributed by atoms with Gasteiger partial charge in [0, 0.05) is 24.8 Å². The number of thioether (sulfide) groups is 1. The maximum atomic E-state index is 5.31. The standard InChI is InChI=1S/C14H25N3O2S/c1-15-11(9-18-2)8-14-16-13(17-19-14)10-20-12-6-4-3-5-7-12/h11-12,15H,3-10H2,1-2H3. The number of hydrogen-bond acceptors (Lipinski definition) is 6. The van der Waals surface area contributed by atoms with Crippen molar-refractivity contribution in [2.75, 3.05) is 20.8 Å². The molecule has 6 heteroatoms. The predicted molar refractivity (Wildman–Crippen MR) is 80.9 cm³/mol. The fraction of sp³-hybridized carbons (Fsp3) is 0.857. The SMILES string of the molecule is CNC(COC)Cc1nc(CSC2CCCCC2)no1. The van der Waals surface area contributed by atoms with E-state index in [1.54, 1.807) is 7.11 Å². The van der Waals surface area contributed by atoms with E-state index in [1.807, 2.05) is 18.8 Å². The fourth-order valence-electron chi connectivity index (χ4n) is 2.51. The van der Waals surface area contributed by atoms with Crippen LogP contribution in [0.15, 0.2) is 4.52 Å². The summed E-state index contributed by atoms with van der Waals surface area (Å²) in [6.45, 7) is 0.644. The molecule has 1 aliphatic carbocycles. The average Bonchev–Trinajstić information content (AvgIpc) is 2.93. The first-order valence-electron chi connectivity index (χ1n) is 7.41. The minimum Gasteiger partial charge on any atom is -0.383 e. The van der Waals surface area contributed by atoms with Crippen LogP contribution in [-0.2, 0) is 16.9 Å². The molecule has 0 amide bonds. The van der Waals surface area contributed by atoms with Gasteiger partial charge in [0.25, 0.3) is 0 Å². The number of ether oxygens (including phenoxy) is 1. The highest BCUT2D eigenvalue weighted by atomic mass is 32.2. The molecule has 1 heterocycles. The van der Waals surface area contributed by atoms with Gasteiger partial charge in [-0.3, -0.25) is 0 Å². The Bertz CT molecular complexity index is 380. The number of hydrogen-bond donors (Lipinski definition) is 1. The molecule has 0 aliphatic heterocycles. The van der Waals surface area contributed by atoms with Gasteiger partial charge < -0.3 is 14.6 Å². The van der Waals surface area contributed by atoms with Gasteiger partial charge in [-0.25, -0.2) is 0 Å². The second-order valence-corrected chi connectivity index (χ2v) is 6.61. The normalized spacial score (nSPS) is 18.3. The molecule has 2 rings (SSSR count). The van der Waals surface area contributed by atoms with Crippen LogP contribution in [0.5, 0.6) is 0 Å². The van der Waals surface area contributed by atoms with Crippen LogP contribution in [0.2, 0.25) is 0 Å². The Morgan fingerprint density at radius 3 is 2.90 bits per heavy atom. The minimum atomic E-state index is 0.222. The number of methoxy groups -OCH3 is 1. The topological polar surface area (TPSA) is 60.2 Å². The maximum absolute atomic E-state index is 5.31. The highest BCUT2D eigenvalue weighted by Crippen LogP contribution is 2.29. The van der Waals surface area contributed by atoms with E-state index in [0.29, 0.717) is 18.9 Å². The Morgan fingerprint density at radius 1 is 1.40 bits per heavy atom. The first-order chi connectivity index (χ1) is 9.81. The molecule has 0 aromatic carbocycles. The van der Waals surface area contributed by atoms with Crippen molar-refractivity contribution in [2.24, 2.45) is 0 Å². The van der Waals surface area contributed by atoms with Gasteiger partial charge in [0.15, 0.2) is 5.82 Å². The third kappa shape index (κ3) is 5.07. The molecule has 1 aliphatic rings. The highest BCUT2D eigenvalue weighted by molar-refractivity contribution is 7.99. The summed E-state index contributed by atoms with van der Waals surface area (Å²) in [7, 11) is 3.62. The minimum absolute atomic E-state index is 0.222. The van der Waals surface area contributed by atoms with Crippen molar-refractivity contribution in [3.05, 3.63) is 11.7 Å². The van der Waals surface area contributed by atoms with Crippen LogP contribution in [0.4, 0.5) is 0 Å². The van der Waals surface area contributed by atoms with Crippen LogP contribution in [0.25, 0.3) is 0 Å². The molecule has 0 saturated heterocycles. The van der Waals surface area contributed by atoms with E-state index < -0.39 is 0 Å². The van der Waals surface area contributed by atoms with Crippen molar-refractivity contribution >= 4 is 11.8 Å². The molecule has 1 saturated carbocycles. The number of likely N-dealkylation sites (N-methyl/N-ethyl adjacent to an activating group) is 1. The summed E-state index contributed by atoms with van der Waals surface area (Å²) in [4.78, 5) is 4.47. The van der Waals surface area contributed by atoms with E-state index in [9.17, 15) is 0 Å². The van der Waals surface area contributed by atoms with Gasteiger partial charge in [0.1, 0.15) is 0 Å². The van der Waals surface area contributed by atoms with Crippen molar-refractivity contribution in [3.8, 4) is 0 Å². The van der Waals surface area contributed by atoms with E-state index in [0.717, 1.165) is 16.8 Å². The molecule has 1 aromatic rings. The summed E-state index contributed by atoms with van der Waals surface area (Å²) in [5.41, 5.74) is 0. The predicted octanol–water partition coefficient (Wildman–Crippen LogP) is 2.41. The van der Waals surface area contributed by atoms with Crippen molar-refractivity contribution in [2.45, 2.75) is 55.6 Å². The third-order valence-corrected chi connectivity index (χ3v) is 5.08. The second kappa shape index (κ2) is 8.64. The Kier molecular flexibility index (Phi) is 6.82. The van der Waals surface area contributed by atoms with Crippen molar-refractivity contribution < 1.29 is 9.26 Å². The summed E-state index contributed by atoms with van der Waals surface area (Å²) in [5, 5.41) is 8.04. The van der Waals surface area contributed by atoms with Gasteiger partial charge in [-0.05, 0) is 19.9 Å². The summed E-state index contributed by atoms with van der Waals surface area (Å²) >= 11 is 1.97. The molecule has 1 fully saturated rings. The molecule has 0 radical (unpaired) electrons. The van der Waals surface area contributed by atoms with Crippen molar-refractivity contribution in [1.82, 2.24) is 15.5 Å². The number of rotatable bonds is 8. The van der Waals surface area contributed by atoms with E-state index in [-0.39, 0.29) is 6.04 Å². The van der Waals surface area contributed by atoms with Crippen LogP contribution in [-0.4, -0.2) is 42.2 Å². The van der Waals surface area contributed by atoms with Gasteiger partial charge in [0.05, 0.1) is 12.4 Å². The van der Waals surface area contributed by atoms with Gasteiger partial charge in [-0.1, -0.05) is 24.4 Å². The van der Waals surface area contributed by atoms with Gasteiger partial charge in [0.2, 0.25) is 5.89 Å². The molecular weight excluding hydrogens is 274 g/mol. The lowest BCUT2D eigenvalue weighted by molar-refractivity contribution is 0.165. The third-order valence-electron chi connectivity index (χ3n) is 3.71. The number of nitrogens with one attached hydrogen (secondary N) is 1. The highest BCUT2D eigenvalue weighted by Gasteiger charge is 2.16. The van der Waals surface area contributed by atoms with Crippen LogP contribution >= 0.6 is 11.8 Å². The number of nitrogens with zero attached hydrogens (tertiary/aromatic N) is 2. The Labute approximate surface area is 125 Å². The Hall–Kier alpha value is -0.590. The number of aromatic nitrogens is 2. The van der Waals surface area contributed by atoms with Crippen LogP contribution < -0.4 is 5.32 Å². The average molecular weight is 299 g/mol. The molecule has 0 bridgehead atoms. The molecule has 1 atom stereocenters. The largest absolute Gasteiger partial charge is 0.383 e. The lowest BCUT2D eigenvalue weighted by Crippen LogP contribution is -2.32. The van der Waals surface area contributed by atoms with Gasteiger partial charge >= 0.3 is 0 Å². The first kappa shape index (κ1) is 15.8. The molecule has 1 aromatic heterocycles. The first-order valence-corrected chi connectivity index (χ1v) is 8.46. The van der Waals surface area contributed by atoms with E-state index in [1.165, 1.54) is 32.1 Å². The Morgan fingerprint density at radius 2 is 2.20 bits per heavy atom. The summed E-state index contributed by atoms with van der Waals surface area (Å²) in [6.07, 6.45) is 7.53. The molecule has 20 heavy (non-hydrogen) atoms. The zero-order valence-corrected chi connectivity index (χ0v) is 13.2. The summed E-state index contributed by atoms with van der Waals surface area (Å²) < 4.78 is 10.5. The molecule has 1 unspecified atom stereocenters. The lowest BCUT2D eigenvalue weighted by Gasteiger charge is -2.19. The Balaban J connectivity index is 1.76. The molecule has 0 spiro atoms. The molecular formula is C14H25N3O2S. The smallest absolute Gasteiger partial charge is 0.228 e. The summed E-state index contributed by atoms with van der Waals surface area (Å²) in [6, 6.07) is 0.222. The van der Waals surface area contributed by atoms with E-state index in [2.05, 4.69) is 15.5 Å². The summed E-state index contributed by atoms with van der Waals surface area (Å²) in [5.74, 6) is 2.38. The van der Waals surface area contributed by atoms with Crippen molar-refractivity contribution in [3.63, 3.8) is 0 Å². The van der Waals surface area contributed by atoms with Crippen molar-refractivity contribution in [1.29, 1.82) is 0 Å².